The predicted molar refractivity (Wildman–Crippen MR) is 70.9 cm³/mol. The number of methoxy groups -OCH3 is 1. The molecule has 1 aromatic rings. The molecule has 1 amide bonds. The van der Waals surface area contributed by atoms with Crippen molar-refractivity contribution < 1.29 is 18.7 Å². The number of furan rings is 1. The monoisotopic (exact) mass is 267 g/mol. The average molecular weight is 267 g/mol. The van der Waals surface area contributed by atoms with Crippen LogP contribution in [0.3, 0.4) is 0 Å². The molecule has 0 aliphatic rings. The number of rotatable bonds is 5. The second-order valence-corrected chi connectivity index (χ2v) is 5.03. The minimum atomic E-state index is -0.650. The van der Waals surface area contributed by atoms with E-state index in [1.165, 1.54) is 7.11 Å². The van der Waals surface area contributed by atoms with E-state index in [9.17, 15) is 9.59 Å². The molecule has 1 aromatic heterocycles. The summed E-state index contributed by atoms with van der Waals surface area (Å²) in [6.45, 7) is 7.60. The Kier molecular flexibility index (Phi) is 5.15. The van der Waals surface area contributed by atoms with Crippen LogP contribution in [0.25, 0.3) is 0 Å². The fourth-order valence-corrected chi connectivity index (χ4v) is 1.74. The van der Waals surface area contributed by atoms with Crippen molar-refractivity contribution >= 4 is 11.9 Å². The van der Waals surface area contributed by atoms with Gasteiger partial charge in [0, 0.05) is 0 Å². The first-order valence-corrected chi connectivity index (χ1v) is 6.30. The van der Waals surface area contributed by atoms with Gasteiger partial charge in [-0.2, -0.15) is 0 Å². The Balaban J connectivity index is 2.78. The van der Waals surface area contributed by atoms with Crippen LogP contribution in [0.1, 0.15) is 42.1 Å². The summed E-state index contributed by atoms with van der Waals surface area (Å²) in [4.78, 5) is 23.6. The molecule has 1 unspecified atom stereocenters. The first-order chi connectivity index (χ1) is 8.85. The number of carbonyl (C=O) groups excluding carboxylic acids is 2. The molecule has 1 rings (SSSR count). The number of amides is 1. The zero-order chi connectivity index (χ0) is 14.6. The van der Waals surface area contributed by atoms with E-state index in [-0.39, 0.29) is 11.7 Å². The normalized spacial score (nSPS) is 12.3. The van der Waals surface area contributed by atoms with E-state index < -0.39 is 17.9 Å². The maximum absolute atomic E-state index is 12.0. The van der Waals surface area contributed by atoms with Gasteiger partial charge >= 0.3 is 5.97 Å². The molecule has 0 fully saturated rings. The van der Waals surface area contributed by atoms with Gasteiger partial charge in [-0.25, -0.2) is 4.79 Å². The molecule has 0 aliphatic heterocycles. The zero-order valence-electron chi connectivity index (χ0n) is 12.1. The fourth-order valence-electron chi connectivity index (χ4n) is 1.74. The molecule has 5 nitrogen and oxygen atoms in total. The van der Waals surface area contributed by atoms with Crippen molar-refractivity contribution in [3.05, 3.63) is 23.2 Å². The van der Waals surface area contributed by atoms with E-state index in [2.05, 4.69) is 5.32 Å². The van der Waals surface area contributed by atoms with Crippen LogP contribution in [0.5, 0.6) is 0 Å². The van der Waals surface area contributed by atoms with Crippen molar-refractivity contribution in [1.29, 1.82) is 0 Å². The summed E-state index contributed by atoms with van der Waals surface area (Å²) in [7, 11) is 1.31. The summed E-state index contributed by atoms with van der Waals surface area (Å²) in [6, 6.07) is 1.01. The third-order valence-corrected chi connectivity index (χ3v) is 2.89. The number of esters is 1. The van der Waals surface area contributed by atoms with Gasteiger partial charge in [-0.3, -0.25) is 4.79 Å². The van der Waals surface area contributed by atoms with E-state index in [0.717, 1.165) is 5.56 Å². The maximum Gasteiger partial charge on any atom is 0.328 e. The van der Waals surface area contributed by atoms with Crippen LogP contribution in [-0.2, 0) is 9.53 Å². The highest BCUT2D eigenvalue weighted by Gasteiger charge is 2.24. The molecule has 1 atom stereocenters. The topological polar surface area (TPSA) is 68.5 Å². The molecule has 1 N–H and O–H groups in total. The van der Waals surface area contributed by atoms with Gasteiger partial charge in [-0.05, 0) is 37.8 Å². The first-order valence-electron chi connectivity index (χ1n) is 6.30. The molecule has 19 heavy (non-hydrogen) atoms. The maximum atomic E-state index is 12.0. The Morgan fingerprint density at radius 2 is 2.00 bits per heavy atom. The van der Waals surface area contributed by atoms with Crippen molar-refractivity contribution in [3.63, 3.8) is 0 Å². The van der Waals surface area contributed by atoms with Crippen molar-refractivity contribution in [1.82, 2.24) is 5.32 Å². The van der Waals surface area contributed by atoms with Crippen molar-refractivity contribution in [2.24, 2.45) is 5.92 Å². The number of ether oxygens (including phenoxy) is 1. The van der Waals surface area contributed by atoms with Gasteiger partial charge in [-0.15, -0.1) is 0 Å². The number of aryl methyl sites for hydroxylation is 2. The van der Waals surface area contributed by atoms with E-state index in [4.69, 9.17) is 9.15 Å². The van der Waals surface area contributed by atoms with Gasteiger partial charge in [0.15, 0.2) is 5.76 Å². The molecule has 0 aliphatic carbocycles. The molecule has 0 spiro atoms. The van der Waals surface area contributed by atoms with Crippen LogP contribution in [0.4, 0.5) is 0 Å². The molecule has 0 radical (unpaired) electrons. The number of hydrogen-bond donors (Lipinski definition) is 1. The molecular formula is C14H21NO4. The number of nitrogens with one attached hydrogen (secondary N) is 1. The van der Waals surface area contributed by atoms with Crippen LogP contribution in [-0.4, -0.2) is 25.0 Å². The third-order valence-electron chi connectivity index (χ3n) is 2.89. The van der Waals surface area contributed by atoms with E-state index in [1.807, 2.05) is 20.8 Å². The van der Waals surface area contributed by atoms with Gasteiger partial charge in [0.05, 0.1) is 7.11 Å². The summed E-state index contributed by atoms with van der Waals surface area (Å²) in [5.74, 6) is 0.343. The van der Waals surface area contributed by atoms with Crippen molar-refractivity contribution in [2.45, 2.75) is 40.2 Å². The minimum Gasteiger partial charge on any atom is -0.467 e. The first kappa shape index (κ1) is 15.3. The lowest BCUT2D eigenvalue weighted by Crippen LogP contribution is -2.42. The lowest BCUT2D eigenvalue weighted by Gasteiger charge is -2.17. The minimum absolute atomic E-state index is 0.215. The quantitative estimate of drug-likeness (QED) is 0.830. The van der Waals surface area contributed by atoms with Crippen molar-refractivity contribution in [3.8, 4) is 0 Å². The molecule has 0 saturated carbocycles. The second kappa shape index (κ2) is 6.41. The SMILES string of the molecule is COC(=O)C(CC(C)C)NC(=O)c1cc(C)c(C)o1. The third kappa shape index (κ3) is 4.12. The fraction of sp³-hybridized carbons (Fsp3) is 0.571. The van der Waals surface area contributed by atoms with Gasteiger partial charge < -0.3 is 14.5 Å². The Bertz CT molecular complexity index is 443. The lowest BCUT2D eigenvalue weighted by molar-refractivity contribution is -0.143. The van der Waals surface area contributed by atoms with Gasteiger partial charge in [0.2, 0.25) is 0 Å². The second-order valence-electron chi connectivity index (χ2n) is 5.03. The number of hydrogen-bond acceptors (Lipinski definition) is 4. The average Bonchev–Trinajstić information content (AvgIpc) is 2.67. The van der Waals surface area contributed by atoms with Crippen molar-refractivity contribution in [2.75, 3.05) is 7.11 Å². The molecule has 5 heteroatoms. The summed E-state index contributed by atoms with van der Waals surface area (Å²) in [6.07, 6.45) is 0.525. The van der Waals surface area contributed by atoms with E-state index in [0.29, 0.717) is 12.2 Å². The standard InChI is InChI=1S/C14H21NO4/c1-8(2)6-11(14(17)18-5)15-13(16)12-7-9(3)10(4)19-12/h7-8,11H,6H2,1-5H3,(H,15,16). The van der Waals surface area contributed by atoms with Crippen LogP contribution in [0, 0.1) is 19.8 Å². The largest absolute Gasteiger partial charge is 0.467 e. The summed E-state index contributed by atoms with van der Waals surface area (Å²) in [5.41, 5.74) is 0.906. The highest BCUT2D eigenvalue weighted by Crippen LogP contribution is 2.14. The molecule has 1 heterocycles. The summed E-state index contributed by atoms with van der Waals surface area (Å²) < 4.78 is 10.0. The van der Waals surface area contributed by atoms with Crippen LogP contribution in [0.15, 0.2) is 10.5 Å². The molecular weight excluding hydrogens is 246 g/mol. The number of carbonyl (C=O) groups is 2. The van der Waals surface area contributed by atoms with Crippen LogP contribution < -0.4 is 5.32 Å². The molecule has 0 aromatic carbocycles. The van der Waals surface area contributed by atoms with Crippen LogP contribution >= 0.6 is 0 Å². The highest BCUT2D eigenvalue weighted by atomic mass is 16.5. The highest BCUT2D eigenvalue weighted by molar-refractivity contribution is 5.94. The van der Waals surface area contributed by atoms with Gasteiger partial charge in [0.25, 0.3) is 5.91 Å². The Hall–Kier alpha value is -1.78. The smallest absolute Gasteiger partial charge is 0.328 e. The zero-order valence-corrected chi connectivity index (χ0v) is 12.1. The summed E-state index contributed by atoms with van der Waals surface area (Å²) >= 11 is 0. The molecule has 106 valence electrons. The predicted octanol–water partition coefficient (Wildman–Crippen LogP) is 2.21. The van der Waals surface area contributed by atoms with E-state index >= 15 is 0 Å². The van der Waals surface area contributed by atoms with Gasteiger partial charge in [0.1, 0.15) is 11.8 Å². The van der Waals surface area contributed by atoms with E-state index in [1.54, 1.807) is 13.0 Å². The lowest BCUT2D eigenvalue weighted by atomic mass is 10.0. The molecule has 0 saturated heterocycles. The molecule has 0 bridgehead atoms. The Morgan fingerprint density at radius 1 is 1.37 bits per heavy atom. The summed E-state index contributed by atoms with van der Waals surface area (Å²) in [5, 5.41) is 2.65. The Morgan fingerprint density at radius 3 is 2.42 bits per heavy atom. The van der Waals surface area contributed by atoms with Crippen LogP contribution in [0.2, 0.25) is 0 Å². The Labute approximate surface area is 113 Å². The van der Waals surface area contributed by atoms with Gasteiger partial charge in [-0.1, -0.05) is 13.8 Å².